The van der Waals surface area contributed by atoms with E-state index in [2.05, 4.69) is 0 Å². The Hall–Kier alpha value is -1.06. The highest BCUT2D eigenvalue weighted by molar-refractivity contribution is 7.17. The van der Waals surface area contributed by atoms with Gasteiger partial charge in [-0.15, -0.1) is 22.9 Å². The zero-order valence-electron chi connectivity index (χ0n) is 7.29. The topological polar surface area (TPSA) is 43.1 Å². The molecule has 1 aromatic carbocycles. The molecule has 0 atom stereocenters. The molecule has 2 aromatic rings. The molecule has 0 bridgehead atoms. The van der Waals surface area contributed by atoms with Crippen LogP contribution in [0, 0.1) is 0 Å². The van der Waals surface area contributed by atoms with Crippen LogP contribution >= 0.6 is 22.9 Å². The zero-order valence-corrected chi connectivity index (χ0v) is 8.86. The molecule has 0 aliphatic heterocycles. The van der Waals surface area contributed by atoms with E-state index in [4.69, 9.17) is 17.3 Å². The number of alkyl halides is 1. The van der Waals surface area contributed by atoms with Crippen molar-refractivity contribution in [3.05, 3.63) is 28.6 Å². The number of hydrogen-bond donors (Lipinski definition) is 1. The van der Waals surface area contributed by atoms with E-state index in [1.807, 2.05) is 11.4 Å². The molecule has 0 radical (unpaired) electrons. The van der Waals surface area contributed by atoms with Crippen LogP contribution in [0.2, 0.25) is 0 Å². The summed E-state index contributed by atoms with van der Waals surface area (Å²) in [6.45, 7) is 0. The molecule has 4 heteroatoms. The Morgan fingerprint density at radius 3 is 2.93 bits per heavy atom. The lowest BCUT2D eigenvalue weighted by molar-refractivity contribution is 0.112. The van der Waals surface area contributed by atoms with E-state index in [1.54, 1.807) is 6.07 Å². The van der Waals surface area contributed by atoms with Crippen LogP contribution in [-0.4, -0.2) is 6.29 Å². The lowest BCUT2D eigenvalue weighted by Crippen LogP contribution is -1.89. The van der Waals surface area contributed by atoms with Gasteiger partial charge in [-0.3, -0.25) is 4.79 Å². The minimum absolute atomic E-state index is 0.411. The summed E-state index contributed by atoms with van der Waals surface area (Å²) in [5.41, 5.74) is 7.99. The van der Waals surface area contributed by atoms with Crippen molar-refractivity contribution in [1.82, 2.24) is 0 Å². The Balaban J connectivity index is 2.82. The van der Waals surface area contributed by atoms with E-state index in [0.717, 1.165) is 21.9 Å². The third-order valence-electron chi connectivity index (χ3n) is 2.08. The largest absolute Gasteiger partial charge is 0.398 e. The van der Waals surface area contributed by atoms with Gasteiger partial charge in [0, 0.05) is 26.9 Å². The SMILES string of the molecule is Nc1csc2cc(CCl)cc(C=O)c12. The molecular formula is C10H8ClNOS. The minimum atomic E-state index is 0.411. The summed E-state index contributed by atoms with van der Waals surface area (Å²) in [5.74, 6) is 0.411. The second kappa shape index (κ2) is 3.59. The van der Waals surface area contributed by atoms with Gasteiger partial charge in [0.25, 0.3) is 0 Å². The number of halogens is 1. The standard InChI is InChI=1S/C10H8ClNOS/c11-3-6-1-7(4-13)10-8(12)5-14-9(10)2-6/h1-2,4-5H,3,12H2. The summed E-state index contributed by atoms with van der Waals surface area (Å²) in [6.07, 6.45) is 0.821. The quantitative estimate of drug-likeness (QED) is 0.631. The molecule has 0 aliphatic rings. The second-order valence-corrected chi connectivity index (χ2v) is 4.18. The van der Waals surface area contributed by atoms with Crippen molar-refractivity contribution < 1.29 is 4.79 Å². The summed E-state index contributed by atoms with van der Waals surface area (Å²) in [7, 11) is 0. The van der Waals surface area contributed by atoms with Gasteiger partial charge in [0.15, 0.2) is 6.29 Å². The van der Waals surface area contributed by atoms with Crippen molar-refractivity contribution in [2.75, 3.05) is 5.73 Å². The number of anilines is 1. The van der Waals surface area contributed by atoms with Crippen LogP contribution in [0.5, 0.6) is 0 Å². The summed E-state index contributed by atoms with van der Waals surface area (Å²) < 4.78 is 1.02. The van der Waals surface area contributed by atoms with Crippen LogP contribution in [-0.2, 0) is 5.88 Å². The monoisotopic (exact) mass is 225 g/mol. The summed E-state index contributed by atoms with van der Waals surface area (Å²) >= 11 is 7.25. The third-order valence-corrected chi connectivity index (χ3v) is 3.33. The van der Waals surface area contributed by atoms with Gasteiger partial charge in [-0.05, 0) is 17.7 Å². The number of thiophene rings is 1. The maximum absolute atomic E-state index is 10.8. The van der Waals surface area contributed by atoms with Crippen LogP contribution < -0.4 is 5.73 Å². The van der Waals surface area contributed by atoms with E-state index >= 15 is 0 Å². The van der Waals surface area contributed by atoms with Crippen molar-refractivity contribution in [2.45, 2.75) is 5.88 Å². The maximum atomic E-state index is 10.8. The van der Waals surface area contributed by atoms with Crippen LogP contribution in [0.3, 0.4) is 0 Å². The van der Waals surface area contributed by atoms with Gasteiger partial charge >= 0.3 is 0 Å². The predicted octanol–water partition coefficient (Wildman–Crippen LogP) is 3.03. The molecule has 0 spiro atoms. The number of hydrogen-bond acceptors (Lipinski definition) is 3. The molecule has 0 saturated carbocycles. The van der Waals surface area contributed by atoms with Crippen molar-refractivity contribution >= 4 is 45.0 Å². The van der Waals surface area contributed by atoms with E-state index in [0.29, 0.717) is 17.1 Å². The number of fused-ring (bicyclic) bond motifs is 1. The first-order valence-corrected chi connectivity index (χ1v) is 5.48. The molecule has 0 unspecified atom stereocenters. The van der Waals surface area contributed by atoms with Gasteiger partial charge in [0.2, 0.25) is 0 Å². The number of carbonyl (C=O) groups is 1. The minimum Gasteiger partial charge on any atom is -0.398 e. The number of nitrogens with two attached hydrogens (primary N) is 1. The molecule has 14 heavy (non-hydrogen) atoms. The Morgan fingerprint density at radius 2 is 2.29 bits per heavy atom. The Labute approximate surface area is 90.3 Å². The average molecular weight is 226 g/mol. The fourth-order valence-corrected chi connectivity index (χ4v) is 2.55. The molecule has 2 N–H and O–H groups in total. The smallest absolute Gasteiger partial charge is 0.150 e. The van der Waals surface area contributed by atoms with E-state index < -0.39 is 0 Å². The van der Waals surface area contributed by atoms with Crippen LogP contribution in [0.25, 0.3) is 10.1 Å². The predicted molar refractivity (Wildman–Crippen MR) is 61.2 cm³/mol. The van der Waals surface area contributed by atoms with Gasteiger partial charge in [0.1, 0.15) is 0 Å². The Morgan fingerprint density at radius 1 is 1.50 bits per heavy atom. The molecule has 2 nitrogen and oxygen atoms in total. The van der Waals surface area contributed by atoms with Gasteiger partial charge in [-0.25, -0.2) is 0 Å². The lowest BCUT2D eigenvalue weighted by Gasteiger charge is -2.00. The first-order valence-electron chi connectivity index (χ1n) is 4.07. The molecule has 72 valence electrons. The van der Waals surface area contributed by atoms with Gasteiger partial charge < -0.3 is 5.73 Å². The molecule has 1 aromatic heterocycles. The number of rotatable bonds is 2. The number of nitrogen functional groups attached to an aromatic ring is 1. The van der Waals surface area contributed by atoms with Crippen molar-refractivity contribution in [3.63, 3.8) is 0 Å². The highest BCUT2D eigenvalue weighted by atomic mass is 35.5. The van der Waals surface area contributed by atoms with Crippen molar-refractivity contribution in [2.24, 2.45) is 0 Å². The maximum Gasteiger partial charge on any atom is 0.150 e. The normalized spacial score (nSPS) is 10.6. The first-order chi connectivity index (χ1) is 6.76. The number of aldehydes is 1. The molecular weight excluding hydrogens is 218 g/mol. The Bertz CT molecular complexity index is 492. The lowest BCUT2D eigenvalue weighted by atomic mass is 10.1. The molecule has 0 aliphatic carbocycles. The fraction of sp³-hybridized carbons (Fsp3) is 0.100. The van der Waals surface area contributed by atoms with E-state index in [1.165, 1.54) is 11.3 Å². The van der Waals surface area contributed by atoms with Crippen LogP contribution in [0.4, 0.5) is 5.69 Å². The summed E-state index contributed by atoms with van der Waals surface area (Å²) in [6, 6.07) is 3.75. The molecule has 0 saturated heterocycles. The number of carbonyl (C=O) groups excluding carboxylic acids is 1. The van der Waals surface area contributed by atoms with Crippen molar-refractivity contribution in [1.29, 1.82) is 0 Å². The van der Waals surface area contributed by atoms with Crippen LogP contribution in [0.1, 0.15) is 15.9 Å². The van der Waals surface area contributed by atoms with Gasteiger partial charge in [0.05, 0.1) is 5.69 Å². The Kier molecular flexibility index (Phi) is 2.44. The summed E-state index contributed by atoms with van der Waals surface area (Å²) in [4.78, 5) is 10.8. The molecule has 0 amide bonds. The third kappa shape index (κ3) is 1.38. The fourth-order valence-electron chi connectivity index (χ4n) is 1.45. The molecule has 2 rings (SSSR count). The van der Waals surface area contributed by atoms with Crippen LogP contribution in [0.15, 0.2) is 17.5 Å². The van der Waals surface area contributed by atoms with Crippen molar-refractivity contribution in [3.8, 4) is 0 Å². The van der Waals surface area contributed by atoms with Gasteiger partial charge in [-0.2, -0.15) is 0 Å². The van der Waals surface area contributed by atoms with E-state index in [9.17, 15) is 4.79 Å². The van der Waals surface area contributed by atoms with E-state index in [-0.39, 0.29) is 0 Å². The first kappa shape index (κ1) is 9.49. The highest BCUT2D eigenvalue weighted by Crippen LogP contribution is 2.31. The highest BCUT2D eigenvalue weighted by Gasteiger charge is 2.07. The molecule has 0 fully saturated rings. The summed E-state index contributed by atoms with van der Waals surface area (Å²) in [5, 5.41) is 2.69. The van der Waals surface area contributed by atoms with Gasteiger partial charge in [-0.1, -0.05) is 0 Å². The molecule has 1 heterocycles. The zero-order chi connectivity index (χ0) is 10.1. The number of benzene rings is 1. The average Bonchev–Trinajstić information content (AvgIpc) is 2.59. The second-order valence-electron chi connectivity index (χ2n) is 3.00.